The van der Waals surface area contributed by atoms with Crippen molar-refractivity contribution >= 4 is 18.3 Å². The fraction of sp³-hybridized carbons (Fsp3) is 0.786. The standard InChI is InChI=1S/C13H24N2O3.CH2O2/c1-8(2)15(4)13(18)10-5-6-12(17)11(7-10)14-9(3)16;2-1-3/h8,10-12,17H,5-7H2,1-4H3,(H,14,16);1H,(H,2,3)/t10-,11+,12+;/m0./s1. The fourth-order valence-corrected chi connectivity index (χ4v) is 2.34. The highest BCUT2D eigenvalue weighted by Crippen LogP contribution is 2.26. The molecule has 0 aromatic carbocycles. The summed E-state index contributed by atoms with van der Waals surface area (Å²) in [7, 11) is 1.80. The van der Waals surface area contributed by atoms with Crippen LogP contribution < -0.4 is 5.32 Å². The summed E-state index contributed by atoms with van der Waals surface area (Å²) in [6.07, 6.45) is 1.24. The molecule has 0 bridgehead atoms. The molecule has 0 unspecified atom stereocenters. The van der Waals surface area contributed by atoms with Gasteiger partial charge >= 0.3 is 0 Å². The van der Waals surface area contributed by atoms with Crippen molar-refractivity contribution < 1.29 is 24.6 Å². The van der Waals surface area contributed by atoms with Crippen LogP contribution in [0.25, 0.3) is 0 Å². The first-order valence-corrected chi connectivity index (χ1v) is 7.04. The molecule has 3 atom stereocenters. The topological polar surface area (TPSA) is 107 Å². The van der Waals surface area contributed by atoms with Gasteiger partial charge in [0.25, 0.3) is 6.47 Å². The normalized spacial score (nSPS) is 24.6. The van der Waals surface area contributed by atoms with E-state index in [0.717, 1.165) is 0 Å². The van der Waals surface area contributed by atoms with Crippen LogP contribution in [0.4, 0.5) is 0 Å². The number of hydrogen-bond acceptors (Lipinski definition) is 4. The van der Waals surface area contributed by atoms with Crippen molar-refractivity contribution in [2.45, 2.75) is 58.2 Å². The van der Waals surface area contributed by atoms with Gasteiger partial charge in [-0.2, -0.15) is 0 Å². The molecule has 1 fully saturated rings. The van der Waals surface area contributed by atoms with Gasteiger partial charge in [0.05, 0.1) is 12.1 Å². The van der Waals surface area contributed by atoms with Gasteiger partial charge in [0, 0.05) is 25.9 Å². The van der Waals surface area contributed by atoms with Gasteiger partial charge in [-0.05, 0) is 33.1 Å². The van der Waals surface area contributed by atoms with Crippen LogP contribution in [-0.4, -0.2) is 58.6 Å². The number of carboxylic acid groups (broad SMARTS) is 1. The Bertz CT molecular complexity index is 359. The Morgan fingerprint density at radius 2 is 1.86 bits per heavy atom. The largest absolute Gasteiger partial charge is 0.483 e. The predicted octanol–water partition coefficient (Wildman–Crippen LogP) is 0.220. The van der Waals surface area contributed by atoms with E-state index in [1.165, 1.54) is 6.92 Å². The Kier molecular flexibility index (Phi) is 8.61. The molecule has 0 aromatic heterocycles. The third-order valence-corrected chi connectivity index (χ3v) is 3.67. The lowest BCUT2D eigenvalue weighted by Crippen LogP contribution is -2.49. The lowest BCUT2D eigenvalue weighted by Gasteiger charge is -2.35. The number of amides is 2. The maximum absolute atomic E-state index is 12.2. The first kappa shape index (κ1) is 19.4. The number of nitrogens with one attached hydrogen (secondary N) is 1. The highest BCUT2D eigenvalue weighted by Gasteiger charge is 2.34. The summed E-state index contributed by atoms with van der Waals surface area (Å²) in [6, 6.07) is -0.130. The lowest BCUT2D eigenvalue weighted by molar-refractivity contribution is -0.138. The Hall–Kier alpha value is -1.63. The number of nitrogens with zero attached hydrogens (tertiary/aromatic N) is 1. The Morgan fingerprint density at radius 1 is 1.33 bits per heavy atom. The molecule has 0 radical (unpaired) electrons. The summed E-state index contributed by atoms with van der Waals surface area (Å²) in [5, 5.41) is 19.4. The maximum atomic E-state index is 12.2. The molecule has 1 saturated carbocycles. The maximum Gasteiger partial charge on any atom is 0.290 e. The van der Waals surface area contributed by atoms with Crippen molar-refractivity contribution in [3.8, 4) is 0 Å². The van der Waals surface area contributed by atoms with Gasteiger partial charge in [0.2, 0.25) is 11.8 Å². The third kappa shape index (κ3) is 6.57. The molecule has 0 heterocycles. The number of aliphatic hydroxyl groups excluding tert-OH is 1. The summed E-state index contributed by atoms with van der Waals surface area (Å²) in [4.78, 5) is 33.4. The molecule has 3 N–H and O–H groups in total. The lowest BCUT2D eigenvalue weighted by atomic mass is 9.82. The van der Waals surface area contributed by atoms with Crippen LogP contribution >= 0.6 is 0 Å². The predicted molar refractivity (Wildman–Crippen MR) is 77.6 cm³/mol. The fourth-order valence-electron chi connectivity index (χ4n) is 2.34. The minimum atomic E-state index is -0.540. The Labute approximate surface area is 125 Å². The van der Waals surface area contributed by atoms with Crippen molar-refractivity contribution in [2.24, 2.45) is 5.92 Å². The second-order valence-electron chi connectivity index (χ2n) is 5.53. The van der Waals surface area contributed by atoms with E-state index in [-0.39, 0.29) is 36.3 Å². The zero-order valence-electron chi connectivity index (χ0n) is 13.1. The highest BCUT2D eigenvalue weighted by atomic mass is 16.3. The van der Waals surface area contributed by atoms with Crippen molar-refractivity contribution in [1.82, 2.24) is 10.2 Å². The molecule has 7 nitrogen and oxygen atoms in total. The number of hydrogen-bond donors (Lipinski definition) is 3. The average molecular weight is 302 g/mol. The smallest absolute Gasteiger partial charge is 0.290 e. The van der Waals surface area contributed by atoms with Gasteiger partial charge in [-0.3, -0.25) is 14.4 Å². The van der Waals surface area contributed by atoms with Crippen LogP contribution in [0.1, 0.15) is 40.0 Å². The van der Waals surface area contributed by atoms with Crippen LogP contribution in [0, 0.1) is 5.92 Å². The highest BCUT2D eigenvalue weighted by molar-refractivity contribution is 5.79. The zero-order chi connectivity index (χ0) is 16.6. The molecule has 1 aliphatic carbocycles. The second kappa shape index (κ2) is 9.33. The minimum absolute atomic E-state index is 0.0994. The molecule has 0 spiro atoms. The van der Waals surface area contributed by atoms with Gasteiger partial charge in [-0.25, -0.2) is 0 Å². The Morgan fingerprint density at radius 3 is 2.29 bits per heavy atom. The summed E-state index contributed by atoms with van der Waals surface area (Å²) < 4.78 is 0. The van der Waals surface area contributed by atoms with Crippen molar-refractivity contribution in [1.29, 1.82) is 0 Å². The van der Waals surface area contributed by atoms with E-state index in [0.29, 0.717) is 19.3 Å². The molecule has 7 heteroatoms. The number of carbonyl (C=O) groups excluding carboxylic acids is 2. The molecule has 1 aliphatic rings. The van der Waals surface area contributed by atoms with Gasteiger partial charge in [0.1, 0.15) is 0 Å². The summed E-state index contributed by atoms with van der Waals surface area (Å²) >= 11 is 0. The van der Waals surface area contributed by atoms with Crippen LogP contribution in [0.3, 0.4) is 0 Å². The Balaban J connectivity index is 0.00000122. The van der Waals surface area contributed by atoms with Crippen LogP contribution in [0.5, 0.6) is 0 Å². The van der Waals surface area contributed by atoms with Crippen molar-refractivity contribution in [2.75, 3.05) is 7.05 Å². The number of rotatable bonds is 3. The zero-order valence-corrected chi connectivity index (χ0v) is 13.1. The molecule has 1 rings (SSSR count). The summed E-state index contributed by atoms with van der Waals surface area (Å²) in [6.45, 7) is 5.13. The van der Waals surface area contributed by atoms with Crippen molar-refractivity contribution in [3.63, 3.8) is 0 Å². The van der Waals surface area contributed by atoms with E-state index in [4.69, 9.17) is 9.90 Å². The number of aliphatic hydroxyl groups is 1. The molecular formula is C14H26N2O5. The second-order valence-corrected chi connectivity index (χ2v) is 5.53. The van der Waals surface area contributed by atoms with Gasteiger partial charge < -0.3 is 20.4 Å². The van der Waals surface area contributed by atoms with E-state index >= 15 is 0 Å². The first-order chi connectivity index (χ1) is 9.74. The minimum Gasteiger partial charge on any atom is -0.483 e. The van der Waals surface area contributed by atoms with Crippen LogP contribution in [-0.2, 0) is 14.4 Å². The first-order valence-electron chi connectivity index (χ1n) is 7.04. The molecule has 0 aliphatic heterocycles. The number of carbonyl (C=O) groups is 3. The van der Waals surface area contributed by atoms with Crippen molar-refractivity contribution in [3.05, 3.63) is 0 Å². The molecule has 122 valence electrons. The third-order valence-electron chi connectivity index (χ3n) is 3.67. The van der Waals surface area contributed by atoms with Crippen LogP contribution in [0.2, 0.25) is 0 Å². The van der Waals surface area contributed by atoms with E-state index in [9.17, 15) is 14.7 Å². The van der Waals surface area contributed by atoms with E-state index in [1.807, 2.05) is 13.8 Å². The monoisotopic (exact) mass is 302 g/mol. The summed E-state index contributed by atoms with van der Waals surface area (Å²) in [5.41, 5.74) is 0. The molecule has 2 amide bonds. The van der Waals surface area contributed by atoms with Gasteiger partial charge in [-0.1, -0.05) is 0 Å². The SMILES string of the molecule is CC(=O)N[C@@H]1C[C@@H](C(=O)N(C)C(C)C)CC[C@H]1O.O=CO. The molecular weight excluding hydrogens is 276 g/mol. The summed E-state index contributed by atoms with van der Waals surface area (Å²) in [5.74, 6) is -0.158. The van der Waals surface area contributed by atoms with E-state index in [1.54, 1.807) is 11.9 Å². The van der Waals surface area contributed by atoms with Gasteiger partial charge in [-0.15, -0.1) is 0 Å². The van der Waals surface area contributed by atoms with E-state index < -0.39 is 6.10 Å². The quantitative estimate of drug-likeness (QED) is 0.647. The molecule has 0 aromatic rings. The molecule has 21 heavy (non-hydrogen) atoms. The average Bonchev–Trinajstić information content (AvgIpc) is 2.40. The van der Waals surface area contributed by atoms with Crippen LogP contribution in [0.15, 0.2) is 0 Å². The molecule has 0 saturated heterocycles. The van der Waals surface area contributed by atoms with E-state index in [2.05, 4.69) is 5.32 Å². The van der Waals surface area contributed by atoms with Gasteiger partial charge in [0.15, 0.2) is 0 Å².